The fourth-order valence-corrected chi connectivity index (χ4v) is 5.07. The third kappa shape index (κ3) is 5.96. The summed E-state index contributed by atoms with van der Waals surface area (Å²) in [4.78, 5) is 17.6. The van der Waals surface area contributed by atoms with Crippen LogP contribution in [0.25, 0.3) is 0 Å². The maximum absolute atomic E-state index is 14.4. The van der Waals surface area contributed by atoms with Gasteiger partial charge in [0, 0.05) is 57.0 Å². The first-order valence-electron chi connectivity index (χ1n) is 12.1. The first kappa shape index (κ1) is 25.7. The summed E-state index contributed by atoms with van der Waals surface area (Å²) >= 11 is 6.00. The molecule has 0 bridgehead atoms. The van der Waals surface area contributed by atoms with Crippen LogP contribution in [0.15, 0.2) is 43.0 Å². The van der Waals surface area contributed by atoms with E-state index in [1.807, 2.05) is 0 Å². The van der Waals surface area contributed by atoms with E-state index < -0.39 is 17.7 Å². The van der Waals surface area contributed by atoms with Gasteiger partial charge < -0.3 is 25.4 Å². The van der Waals surface area contributed by atoms with Crippen LogP contribution in [-0.4, -0.2) is 65.4 Å². The minimum atomic E-state index is -0.494. The first-order valence-corrected chi connectivity index (χ1v) is 12.5. The highest BCUT2D eigenvalue weighted by Crippen LogP contribution is 2.33. The molecule has 3 aromatic rings. The summed E-state index contributed by atoms with van der Waals surface area (Å²) in [6.45, 7) is 2.58. The highest BCUT2D eigenvalue weighted by Gasteiger charge is 2.36. The van der Waals surface area contributed by atoms with Crippen molar-refractivity contribution in [2.75, 3.05) is 38.6 Å². The molecule has 2 aromatic heterocycles. The second-order valence-electron chi connectivity index (χ2n) is 9.15. The van der Waals surface area contributed by atoms with Gasteiger partial charge in [0.1, 0.15) is 11.6 Å². The quantitative estimate of drug-likeness (QED) is 0.404. The number of halogens is 3. The Morgan fingerprint density at radius 2 is 1.81 bits per heavy atom. The predicted molar refractivity (Wildman–Crippen MR) is 134 cm³/mol. The summed E-state index contributed by atoms with van der Waals surface area (Å²) in [6, 6.07) is 3.30. The van der Waals surface area contributed by atoms with E-state index >= 15 is 0 Å². The summed E-state index contributed by atoms with van der Waals surface area (Å²) in [5.74, 6) is 0.123. The van der Waals surface area contributed by atoms with Crippen molar-refractivity contribution in [1.82, 2.24) is 30.6 Å². The fraction of sp³-hybridized carbons (Fsp3) is 0.440. The number of aromatic nitrogens is 4. The van der Waals surface area contributed by atoms with Crippen molar-refractivity contribution >= 4 is 17.5 Å². The Hall–Kier alpha value is -2.99. The van der Waals surface area contributed by atoms with Gasteiger partial charge in [0.2, 0.25) is 5.95 Å². The van der Waals surface area contributed by atoms with E-state index in [1.165, 1.54) is 6.07 Å². The minimum absolute atomic E-state index is 0.00304. The zero-order chi connectivity index (χ0) is 25.8. The topological polar surface area (TPSA) is 106 Å². The molecule has 1 aromatic carbocycles. The molecule has 196 valence electrons. The number of nitrogens with one attached hydrogen (secondary N) is 3. The van der Waals surface area contributed by atoms with Crippen molar-refractivity contribution in [3.8, 4) is 5.75 Å². The second kappa shape index (κ2) is 11.6. The lowest BCUT2D eigenvalue weighted by Gasteiger charge is -2.35. The maximum Gasteiger partial charge on any atom is 0.223 e. The minimum Gasteiger partial charge on any atom is -0.479 e. The normalized spacial score (nSPS) is 24.5. The molecular formula is C25H28ClF2N7O2. The predicted octanol–water partition coefficient (Wildman–Crippen LogP) is 3.11. The molecule has 0 saturated carbocycles. The van der Waals surface area contributed by atoms with E-state index in [4.69, 9.17) is 21.1 Å². The first-order chi connectivity index (χ1) is 18.0. The van der Waals surface area contributed by atoms with Crippen molar-refractivity contribution in [3.05, 3.63) is 71.0 Å². The molecule has 37 heavy (non-hydrogen) atoms. The van der Waals surface area contributed by atoms with Gasteiger partial charge in [0.05, 0.1) is 23.5 Å². The summed E-state index contributed by atoms with van der Waals surface area (Å²) in [5.41, 5.74) is 0.322. The Labute approximate surface area is 218 Å². The number of rotatable bonds is 8. The molecule has 0 amide bonds. The van der Waals surface area contributed by atoms with Crippen LogP contribution in [0, 0.1) is 17.6 Å². The molecule has 5 atom stereocenters. The van der Waals surface area contributed by atoms with Gasteiger partial charge in [-0.25, -0.2) is 28.7 Å². The van der Waals surface area contributed by atoms with Gasteiger partial charge in [0.15, 0.2) is 17.7 Å². The smallest absolute Gasteiger partial charge is 0.223 e. The average Bonchev–Trinajstić information content (AvgIpc) is 3.38. The lowest BCUT2D eigenvalue weighted by molar-refractivity contribution is -0.0236. The van der Waals surface area contributed by atoms with E-state index in [2.05, 4.69) is 35.9 Å². The average molecular weight is 532 g/mol. The summed E-state index contributed by atoms with van der Waals surface area (Å²) in [6.07, 6.45) is 6.45. The largest absolute Gasteiger partial charge is 0.479 e. The molecule has 2 fully saturated rings. The van der Waals surface area contributed by atoms with Gasteiger partial charge >= 0.3 is 0 Å². The number of nitrogens with zero attached hydrogens (tertiary/aromatic N) is 4. The van der Waals surface area contributed by atoms with E-state index in [9.17, 15) is 8.78 Å². The van der Waals surface area contributed by atoms with Gasteiger partial charge in [-0.15, -0.1) is 0 Å². The van der Waals surface area contributed by atoms with Gasteiger partial charge in [-0.2, -0.15) is 0 Å². The third-order valence-corrected chi connectivity index (χ3v) is 7.04. The summed E-state index contributed by atoms with van der Waals surface area (Å²) in [7, 11) is 1.68. The monoisotopic (exact) mass is 531 g/mol. The maximum atomic E-state index is 14.4. The highest BCUT2D eigenvalue weighted by atomic mass is 35.5. The van der Waals surface area contributed by atoms with Crippen LogP contribution in [0.1, 0.15) is 29.8 Å². The molecule has 12 heteroatoms. The van der Waals surface area contributed by atoms with Crippen molar-refractivity contribution in [2.24, 2.45) is 5.92 Å². The van der Waals surface area contributed by atoms with Crippen LogP contribution in [0.2, 0.25) is 5.02 Å². The van der Waals surface area contributed by atoms with Gasteiger partial charge in [0.25, 0.3) is 0 Å². The van der Waals surface area contributed by atoms with Crippen LogP contribution in [0.4, 0.5) is 14.7 Å². The summed E-state index contributed by atoms with van der Waals surface area (Å²) in [5, 5.41) is 10.2. The lowest BCUT2D eigenvalue weighted by Crippen LogP contribution is -2.45. The van der Waals surface area contributed by atoms with Crippen LogP contribution >= 0.6 is 11.6 Å². The number of methoxy groups -OCH3 is 1. The van der Waals surface area contributed by atoms with Crippen molar-refractivity contribution in [3.63, 3.8) is 0 Å². The molecule has 1 unspecified atom stereocenters. The van der Waals surface area contributed by atoms with E-state index in [0.29, 0.717) is 47.7 Å². The molecule has 0 radical (unpaired) electrons. The molecule has 9 nitrogen and oxygen atoms in total. The van der Waals surface area contributed by atoms with Gasteiger partial charge in [-0.1, -0.05) is 11.6 Å². The third-order valence-electron chi connectivity index (χ3n) is 6.84. The Morgan fingerprint density at radius 1 is 1.03 bits per heavy atom. The molecular weight excluding hydrogens is 504 g/mol. The van der Waals surface area contributed by atoms with E-state index in [-0.39, 0.29) is 24.0 Å². The van der Waals surface area contributed by atoms with Gasteiger partial charge in [-0.3, -0.25) is 0 Å². The fourth-order valence-electron chi connectivity index (χ4n) is 4.98. The SMILES string of the molecule is CO[C@@H]1CNCC[C@H]1C(Oc1cnc(N[C@H]2CNC[C@@H]2c2cc(F)ccc2F)nc1)c1ncc(Cl)cn1. The second-order valence-corrected chi connectivity index (χ2v) is 9.59. The molecule has 3 N–H and O–H groups in total. The molecule has 2 saturated heterocycles. The van der Waals surface area contributed by atoms with Crippen molar-refractivity contribution in [2.45, 2.75) is 30.6 Å². The Bertz CT molecular complexity index is 1190. The number of anilines is 1. The standard InChI is InChI=1S/C25H28ClF2N7O2/c1-36-22-13-29-5-4-17(22)23(24-31-7-14(26)8-32-24)37-16-9-33-25(34-10-16)35-21-12-30-11-19(21)18-6-15(27)2-3-20(18)28/h2-3,6-10,17,19,21-23,29-30H,4-5,11-13H2,1H3,(H,33,34,35)/t17-,19-,21+,22-,23?/m1/s1. The van der Waals surface area contributed by atoms with Crippen LogP contribution in [-0.2, 0) is 4.74 Å². The van der Waals surface area contributed by atoms with E-state index in [1.54, 1.807) is 31.9 Å². The number of hydrogen-bond acceptors (Lipinski definition) is 9. The number of piperidine rings is 1. The molecule has 0 spiro atoms. The van der Waals surface area contributed by atoms with Crippen molar-refractivity contribution < 1.29 is 18.3 Å². The molecule has 0 aliphatic carbocycles. The van der Waals surface area contributed by atoms with Crippen LogP contribution < -0.4 is 20.7 Å². The lowest BCUT2D eigenvalue weighted by atomic mass is 9.88. The van der Waals surface area contributed by atoms with Gasteiger partial charge in [-0.05, 0) is 36.7 Å². The van der Waals surface area contributed by atoms with Crippen LogP contribution in [0.5, 0.6) is 5.75 Å². The molecule has 4 heterocycles. The number of ether oxygens (including phenoxy) is 2. The molecule has 2 aliphatic rings. The Balaban J connectivity index is 1.32. The summed E-state index contributed by atoms with van der Waals surface area (Å²) < 4.78 is 40.2. The number of hydrogen-bond donors (Lipinski definition) is 3. The zero-order valence-corrected chi connectivity index (χ0v) is 21.0. The van der Waals surface area contributed by atoms with Crippen LogP contribution in [0.3, 0.4) is 0 Å². The van der Waals surface area contributed by atoms with Crippen molar-refractivity contribution in [1.29, 1.82) is 0 Å². The highest BCUT2D eigenvalue weighted by molar-refractivity contribution is 6.30. The molecule has 5 rings (SSSR count). The Kier molecular flexibility index (Phi) is 8.04. The number of benzene rings is 1. The van der Waals surface area contributed by atoms with E-state index in [0.717, 1.165) is 25.1 Å². The zero-order valence-electron chi connectivity index (χ0n) is 20.2. The Morgan fingerprint density at radius 3 is 2.57 bits per heavy atom. The molecule has 2 aliphatic heterocycles.